The van der Waals surface area contributed by atoms with Crippen LogP contribution in [0.15, 0.2) is 24.3 Å². The number of hydrogen-bond donors (Lipinski definition) is 0. The number of ether oxygens (including phenoxy) is 1. The summed E-state index contributed by atoms with van der Waals surface area (Å²) in [6, 6.07) is 10.4. The van der Waals surface area contributed by atoms with Gasteiger partial charge in [0.25, 0.3) is 0 Å². The number of nitriles is 1. The number of hydrogen-bond acceptors (Lipinski definition) is 2. The van der Waals surface area contributed by atoms with Gasteiger partial charge in [0.1, 0.15) is 0 Å². The van der Waals surface area contributed by atoms with Gasteiger partial charge in [-0.2, -0.15) is 5.26 Å². The second-order valence-electron chi connectivity index (χ2n) is 5.76. The molecule has 2 fully saturated rings. The maximum atomic E-state index is 9.51. The zero-order valence-electron chi connectivity index (χ0n) is 10.4. The Bertz CT molecular complexity index is 506. The highest BCUT2D eigenvalue weighted by Gasteiger charge is 2.66. The summed E-state index contributed by atoms with van der Waals surface area (Å²) < 4.78 is 5.72. The maximum Gasteiger partial charge on any atom is 0.164 e. The number of fused-ring (bicyclic) bond motifs is 1. The predicted molar refractivity (Wildman–Crippen MR) is 70.3 cm³/mol. The molecule has 0 aromatic heterocycles. The van der Waals surface area contributed by atoms with Crippen LogP contribution in [0, 0.1) is 22.7 Å². The van der Waals surface area contributed by atoms with Crippen molar-refractivity contribution in [2.45, 2.75) is 31.8 Å². The summed E-state index contributed by atoms with van der Waals surface area (Å²) in [5.74, 6) is 0.308. The van der Waals surface area contributed by atoms with Gasteiger partial charge in [-0.05, 0) is 37.0 Å². The first-order valence-corrected chi connectivity index (χ1v) is 6.77. The molecule has 1 aliphatic carbocycles. The monoisotopic (exact) mass is 261 g/mol. The first-order chi connectivity index (χ1) is 8.60. The summed E-state index contributed by atoms with van der Waals surface area (Å²) in [5, 5.41) is 10.3. The van der Waals surface area contributed by atoms with E-state index in [4.69, 9.17) is 16.3 Å². The molecule has 94 valence electrons. The lowest BCUT2D eigenvalue weighted by Gasteiger charge is -2.51. The van der Waals surface area contributed by atoms with Crippen LogP contribution in [0.1, 0.15) is 25.3 Å². The summed E-state index contributed by atoms with van der Waals surface area (Å²) >= 11 is 5.89. The quantitative estimate of drug-likeness (QED) is 0.815. The van der Waals surface area contributed by atoms with E-state index in [-0.39, 0.29) is 5.41 Å². The molecule has 1 heterocycles. The Balaban J connectivity index is 1.82. The number of benzene rings is 1. The smallest absolute Gasteiger partial charge is 0.164 e. The van der Waals surface area contributed by atoms with Crippen LogP contribution in [-0.2, 0) is 11.2 Å². The molecule has 2 aliphatic rings. The van der Waals surface area contributed by atoms with Crippen molar-refractivity contribution in [3.63, 3.8) is 0 Å². The van der Waals surface area contributed by atoms with Crippen LogP contribution in [0.5, 0.6) is 0 Å². The molecular weight excluding hydrogens is 246 g/mol. The zero-order valence-corrected chi connectivity index (χ0v) is 11.2. The minimum absolute atomic E-state index is 0.0683. The lowest BCUT2D eigenvalue weighted by molar-refractivity contribution is -0.225. The van der Waals surface area contributed by atoms with Gasteiger partial charge in [-0.3, -0.25) is 0 Å². The Morgan fingerprint density at radius 3 is 2.72 bits per heavy atom. The van der Waals surface area contributed by atoms with Crippen molar-refractivity contribution < 1.29 is 4.74 Å². The first-order valence-electron chi connectivity index (χ1n) is 6.39. The van der Waals surface area contributed by atoms with Crippen LogP contribution < -0.4 is 0 Å². The largest absolute Gasteiger partial charge is 0.358 e. The molecule has 1 unspecified atom stereocenters. The summed E-state index contributed by atoms with van der Waals surface area (Å²) in [6.07, 6.45) is 3.08. The lowest BCUT2D eigenvalue weighted by atomic mass is 9.68. The van der Waals surface area contributed by atoms with Gasteiger partial charge in [0.15, 0.2) is 5.60 Å². The molecular formula is C15H16ClNO. The summed E-state index contributed by atoms with van der Waals surface area (Å²) in [5.41, 5.74) is 0.754. The molecule has 0 amide bonds. The second kappa shape index (κ2) is 3.98. The van der Waals surface area contributed by atoms with Crippen LogP contribution in [-0.4, -0.2) is 12.2 Å². The topological polar surface area (TPSA) is 33.0 Å². The van der Waals surface area contributed by atoms with Crippen molar-refractivity contribution >= 4 is 11.6 Å². The fourth-order valence-corrected chi connectivity index (χ4v) is 3.57. The number of halogens is 1. The Morgan fingerprint density at radius 2 is 2.17 bits per heavy atom. The van der Waals surface area contributed by atoms with E-state index in [2.05, 4.69) is 13.0 Å². The van der Waals surface area contributed by atoms with E-state index >= 15 is 0 Å². The van der Waals surface area contributed by atoms with Gasteiger partial charge in [0.2, 0.25) is 0 Å². The Labute approximate surface area is 113 Å². The average Bonchev–Trinajstić information content (AvgIpc) is 2.54. The van der Waals surface area contributed by atoms with Crippen molar-refractivity contribution in [1.29, 1.82) is 5.26 Å². The molecule has 0 radical (unpaired) electrons. The van der Waals surface area contributed by atoms with E-state index in [1.54, 1.807) is 0 Å². The molecule has 0 N–H and O–H groups in total. The molecule has 3 heteroatoms. The van der Waals surface area contributed by atoms with E-state index < -0.39 is 5.60 Å². The van der Waals surface area contributed by atoms with Gasteiger partial charge < -0.3 is 4.74 Å². The molecule has 3 rings (SSSR count). The van der Waals surface area contributed by atoms with E-state index in [1.807, 2.05) is 24.3 Å². The standard InChI is InChI=1S/C15H16ClNO/c1-14-7-6-12(15(14,9-17)18-10-14)8-11-2-4-13(16)5-3-11/h2-5,12H,6-8,10H2,1H3/t12?,14-,15-/m0/s1. The molecule has 3 atom stereocenters. The number of rotatable bonds is 2. The molecule has 1 aromatic rings. The van der Waals surface area contributed by atoms with Crippen LogP contribution >= 0.6 is 11.6 Å². The van der Waals surface area contributed by atoms with E-state index in [9.17, 15) is 5.26 Å². The summed E-state index contributed by atoms with van der Waals surface area (Å²) in [6.45, 7) is 2.92. The van der Waals surface area contributed by atoms with Crippen LogP contribution in [0.2, 0.25) is 5.02 Å². The van der Waals surface area contributed by atoms with Crippen molar-refractivity contribution in [3.05, 3.63) is 34.9 Å². The van der Waals surface area contributed by atoms with Crippen molar-refractivity contribution in [2.75, 3.05) is 6.61 Å². The van der Waals surface area contributed by atoms with E-state index in [0.29, 0.717) is 5.92 Å². The molecule has 0 spiro atoms. The Hall–Kier alpha value is -1.04. The summed E-state index contributed by atoms with van der Waals surface area (Å²) in [7, 11) is 0. The van der Waals surface area contributed by atoms with Crippen molar-refractivity contribution in [2.24, 2.45) is 11.3 Å². The minimum atomic E-state index is -0.549. The average molecular weight is 262 g/mol. The van der Waals surface area contributed by atoms with Crippen LogP contribution in [0.4, 0.5) is 0 Å². The molecule has 2 nitrogen and oxygen atoms in total. The maximum absolute atomic E-state index is 9.51. The van der Waals surface area contributed by atoms with Gasteiger partial charge in [-0.1, -0.05) is 30.7 Å². The Kier molecular flexibility index (Phi) is 2.66. The molecule has 1 aromatic carbocycles. The molecule has 1 saturated carbocycles. The second-order valence-corrected chi connectivity index (χ2v) is 6.20. The van der Waals surface area contributed by atoms with Crippen molar-refractivity contribution in [1.82, 2.24) is 0 Å². The molecule has 1 saturated heterocycles. The SMILES string of the molecule is C[C@@]12CCC(Cc3ccc(Cl)cc3)[C@]1(C#N)OC2. The molecule has 18 heavy (non-hydrogen) atoms. The third-order valence-corrected chi connectivity index (χ3v) is 4.95. The van der Waals surface area contributed by atoms with Gasteiger partial charge >= 0.3 is 0 Å². The zero-order chi connectivity index (χ0) is 12.8. The first kappa shape index (κ1) is 12.0. The Morgan fingerprint density at radius 1 is 1.44 bits per heavy atom. The lowest BCUT2D eigenvalue weighted by Crippen LogP contribution is -2.60. The highest BCUT2D eigenvalue weighted by molar-refractivity contribution is 6.30. The molecule has 0 bridgehead atoms. The highest BCUT2D eigenvalue weighted by Crippen LogP contribution is 2.59. The van der Waals surface area contributed by atoms with Gasteiger partial charge in [0.05, 0.1) is 12.7 Å². The fraction of sp³-hybridized carbons (Fsp3) is 0.533. The minimum Gasteiger partial charge on any atom is -0.358 e. The van der Waals surface area contributed by atoms with Crippen molar-refractivity contribution in [3.8, 4) is 6.07 Å². The van der Waals surface area contributed by atoms with E-state index in [0.717, 1.165) is 30.9 Å². The fourth-order valence-electron chi connectivity index (χ4n) is 3.45. The normalized spacial score (nSPS) is 37.7. The third kappa shape index (κ3) is 1.51. The predicted octanol–water partition coefficient (Wildman–Crippen LogP) is 3.59. The third-order valence-electron chi connectivity index (χ3n) is 4.70. The van der Waals surface area contributed by atoms with E-state index in [1.165, 1.54) is 5.56 Å². The van der Waals surface area contributed by atoms with Gasteiger partial charge in [-0.15, -0.1) is 0 Å². The van der Waals surface area contributed by atoms with Crippen LogP contribution in [0.25, 0.3) is 0 Å². The summed E-state index contributed by atoms with van der Waals surface area (Å²) in [4.78, 5) is 0. The van der Waals surface area contributed by atoms with Gasteiger partial charge in [0, 0.05) is 16.4 Å². The van der Waals surface area contributed by atoms with Gasteiger partial charge in [-0.25, -0.2) is 0 Å². The number of nitrogens with zero attached hydrogens (tertiary/aromatic N) is 1. The highest BCUT2D eigenvalue weighted by atomic mass is 35.5. The molecule has 1 aliphatic heterocycles. The van der Waals surface area contributed by atoms with Crippen LogP contribution in [0.3, 0.4) is 0 Å².